The Bertz CT molecular complexity index is 809. The van der Waals surface area contributed by atoms with Crippen LogP contribution in [0.25, 0.3) is 0 Å². The molecule has 0 aliphatic carbocycles. The molecule has 0 aliphatic rings. The smallest absolute Gasteiger partial charge is 0.251 e. The molecule has 0 saturated carbocycles. The Balaban J connectivity index is 0.00000392. The number of carbonyl (C=O) groups excluding carboxylic acids is 1. The topological polar surface area (TPSA) is 79.7 Å². The molecule has 10 heteroatoms. The first-order valence-electron chi connectivity index (χ1n) is 8.32. The van der Waals surface area contributed by atoms with Crippen LogP contribution in [0.15, 0.2) is 35.3 Å². The van der Waals surface area contributed by atoms with Crippen molar-refractivity contribution in [2.75, 3.05) is 27.2 Å². The number of aliphatic imine (C=N–C) groups is 1. The molecule has 3 N–H and O–H groups in total. The van der Waals surface area contributed by atoms with Crippen LogP contribution in [0.1, 0.15) is 16.1 Å². The van der Waals surface area contributed by atoms with E-state index in [4.69, 9.17) is 27.9 Å². The average Bonchev–Trinajstić information content (AvgIpc) is 2.94. The zero-order valence-corrected chi connectivity index (χ0v) is 19.7. The van der Waals surface area contributed by atoms with Gasteiger partial charge in [-0.15, -0.1) is 24.0 Å². The summed E-state index contributed by atoms with van der Waals surface area (Å²) in [7, 11) is 5.11. The fourth-order valence-electron chi connectivity index (χ4n) is 2.35. The van der Waals surface area contributed by atoms with Gasteiger partial charge in [-0.2, -0.15) is 0 Å². The van der Waals surface area contributed by atoms with Crippen molar-refractivity contribution >= 4 is 59.0 Å². The number of methoxy groups -OCH3 is 1. The maximum Gasteiger partial charge on any atom is 0.251 e. The molecule has 1 heterocycles. The number of rotatable bonds is 7. The summed E-state index contributed by atoms with van der Waals surface area (Å²) in [6.07, 6.45) is 0. The number of carbonyl (C=O) groups is 1. The molecule has 0 spiro atoms. The Morgan fingerprint density at radius 1 is 1.14 bits per heavy atom. The number of benzene rings is 1. The number of ether oxygens (including phenoxy) is 1. The number of hydrogen-bond donors (Lipinski definition) is 3. The van der Waals surface area contributed by atoms with E-state index in [0.717, 1.165) is 5.69 Å². The molecule has 1 aromatic heterocycles. The second kappa shape index (κ2) is 12.0. The van der Waals surface area contributed by atoms with E-state index in [0.29, 0.717) is 47.1 Å². The van der Waals surface area contributed by atoms with Crippen molar-refractivity contribution in [2.24, 2.45) is 12.0 Å². The highest BCUT2D eigenvalue weighted by Crippen LogP contribution is 2.24. The first-order chi connectivity index (χ1) is 13.0. The third kappa shape index (κ3) is 6.75. The fraction of sp³-hybridized carbons (Fsp3) is 0.333. The van der Waals surface area contributed by atoms with Crippen LogP contribution in [0.3, 0.4) is 0 Å². The molecule has 0 atom stereocenters. The van der Waals surface area contributed by atoms with Crippen LogP contribution in [-0.4, -0.2) is 43.7 Å². The van der Waals surface area contributed by atoms with Gasteiger partial charge in [-0.3, -0.25) is 9.79 Å². The van der Waals surface area contributed by atoms with Crippen molar-refractivity contribution in [3.8, 4) is 5.75 Å². The molecule has 0 radical (unpaired) electrons. The van der Waals surface area contributed by atoms with Gasteiger partial charge in [0.15, 0.2) is 5.96 Å². The molecule has 7 nitrogen and oxygen atoms in total. The van der Waals surface area contributed by atoms with E-state index in [1.165, 1.54) is 0 Å². The predicted octanol–water partition coefficient (Wildman–Crippen LogP) is 3.05. The van der Waals surface area contributed by atoms with E-state index in [1.807, 2.05) is 7.05 Å². The zero-order valence-electron chi connectivity index (χ0n) is 15.9. The van der Waals surface area contributed by atoms with E-state index >= 15 is 0 Å². The normalized spacial score (nSPS) is 10.8. The number of amides is 1. The molecular weight excluding hydrogens is 516 g/mol. The van der Waals surface area contributed by atoms with Gasteiger partial charge in [0, 0.05) is 38.4 Å². The van der Waals surface area contributed by atoms with Crippen LogP contribution in [-0.2, 0) is 13.6 Å². The Kier molecular flexibility index (Phi) is 10.5. The van der Waals surface area contributed by atoms with Crippen molar-refractivity contribution in [3.63, 3.8) is 0 Å². The molecule has 0 aliphatic heterocycles. The highest BCUT2D eigenvalue weighted by atomic mass is 127. The molecule has 0 unspecified atom stereocenters. The number of guanidine groups is 1. The molecule has 1 aromatic carbocycles. The minimum absolute atomic E-state index is 0. The molecule has 0 saturated heterocycles. The van der Waals surface area contributed by atoms with Crippen molar-refractivity contribution < 1.29 is 9.53 Å². The van der Waals surface area contributed by atoms with Crippen molar-refractivity contribution in [2.45, 2.75) is 6.54 Å². The summed E-state index contributed by atoms with van der Waals surface area (Å²) in [4.78, 5) is 16.2. The van der Waals surface area contributed by atoms with E-state index in [-0.39, 0.29) is 29.9 Å². The van der Waals surface area contributed by atoms with Crippen LogP contribution in [0.4, 0.5) is 0 Å². The Hall–Kier alpha value is -1.65. The number of nitrogens with zero attached hydrogens (tertiary/aromatic N) is 2. The molecular formula is C18H24Cl2IN5O2. The van der Waals surface area contributed by atoms with Crippen LogP contribution < -0.4 is 20.7 Å². The summed E-state index contributed by atoms with van der Waals surface area (Å²) in [6, 6.07) is 8.75. The molecule has 0 fully saturated rings. The van der Waals surface area contributed by atoms with Gasteiger partial charge in [-0.25, -0.2) is 0 Å². The van der Waals surface area contributed by atoms with Gasteiger partial charge < -0.3 is 25.3 Å². The number of halogens is 3. The lowest BCUT2D eigenvalue weighted by Crippen LogP contribution is -2.41. The van der Waals surface area contributed by atoms with Crippen LogP contribution in [0, 0.1) is 0 Å². The van der Waals surface area contributed by atoms with Gasteiger partial charge >= 0.3 is 0 Å². The molecule has 1 amide bonds. The van der Waals surface area contributed by atoms with E-state index in [2.05, 4.69) is 20.9 Å². The second-order valence-corrected chi connectivity index (χ2v) is 6.44. The second-order valence-electron chi connectivity index (χ2n) is 5.67. The van der Waals surface area contributed by atoms with E-state index < -0.39 is 0 Å². The highest BCUT2D eigenvalue weighted by Gasteiger charge is 2.09. The largest absolute Gasteiger partial charge is 0.497 e. The van der Waals surface area contributed by atoms with Gasteiger partial charge in [-0.05, 0) is 30.3 Å². The molecule has 0 bridgehead atoms. The molecule has 28 heavy (non-hydrogen) atoms. The maximum absolute atomic E-state index is 12.1. The van der Waals surface area contributed by atoms with Gasteiger partial charge in [0.1, 0.15) is 10.9 Å². The SMILES string of the molecule is CN=C(NCCNC(=O)c1ccc(OC)cc1)NCc1cc(Cl)c(Cl)n1C.I. The molecule has 154 valence electrons. The average molecular weight is 540 g/mol. The van der Waals surface area contributed by atoms with Crippen molar-refractivity contribution in [3.05, 3.63) is 51.8 Å². The summed E-state index contributed by atoms with van der Waals surface area (Å²) < 4.78 is 6.88. The predicted molar refractivity (Wildman–Crippen MR) is 124 cm³/mol. The highest BCUT2D eigenvalue weighted by molar-refractivity contribution is 14.0. The Labute approximate surface area is 191 Å². The minimum atomic E-state index is -0.143. The monoisotopic (exact) mass is 539 g/mol. The van der Waals surface area contributed by atoms with Gasteiger partial charge in [0.05, 0.1) is 18.7 Å². The van der Waals surface area contributed by atoms with Crippen molar-refractivity contribution in [1.82, 2.24) is 20.5 Å². The van der Waals surface area contributed by atoms with Crippen LogP contribution in [0.5, 0.6) is 5.75 Å². The van der Waals surface area contributed by atoms with Crippen LogP contribution in [0.2, 0.25) is 10.2 Å². The van der Waals surface area contributed by atoms with Gasteiger partial charge in [0.2, 0.25) is 0 Å². The zero-order chi connectivity index (χ0) is 19.8. The number of aromatic nitrogens is 1. The fourth-order valence-corrected chi connectivity index (χ4v) is 2.77. The third-order valence-electron chi connectivity index (χ3n) is 3.93. The first-order valence-corrected chi connectivity index (χ1v) is 9.08. The Morgan fingerprint density at radius 3 is 2.32 bits per heavy atom. The minimum Gasteiger partial charge on any atom is -0.497 e. The summed E-state index contributed by atoms with van der Waals surface area (Å²) in [5, 5.41) is 10.2. The van der Waals surface area contributed by atoms with Crippen molar-refractivity contribution in [1.29, 1.82) is 0 Å². The summed E-state index contributed by atoms with van der Waals surface area (Å²) >= 11 is 12.1. The maximum atomic E-state index is 12.1. The van der Waals surface area contributed by atoms with E-state index in [9.17, 15) is 4.79 Å². The van der Waals surface area contributed by atoms with Crippen LogP contribution >= 0.6 is 47.2 Å². The van der Waals surface area contributed by atoms with Gasteiger partial charge in [-0.1, -0.05) is 23.2 Å². The molecule has 2 rings (SSSR count). The third-order valence-corrected chi connectivity index (χ3v) is 4.77. The number of hydrogen-bond acceptors (Lipinski definition) is 3. The molecule has 2 aromatic rings. The Morgan fingerprint density at radius 2 is 1.79 bits per heavy atom. The van der Waals surface area contributed by atoms with E-state index in [1.54, 1.807) is 49.1 Å². The summed E-state index contributed by atoms with van der Waals surface area (Å²) in [5.41, 5.74) is 1.51. The van der Waals surface area contributed by atoms with Gasteiger partial charge in [0.25, 0.3) is 5.91 Å². The lowest BCUT2D eigenvalue weighted by Gasteiger charge is -2.13. The quantitative estimate of drug-likeness (QED) is 0.219. The lowest BCUT2D eigenvalue weighted by molar-refractivity contribution is 0.0954. The number of nitrogens with one attached hydrogen (secondary N) is 3. The first kappa shape index (κ1) is 24.4. The lowest BCUT2D eigenvalue weighted by atomic mass is 10.2. The summed E-state index contributed by atoms with van der Waals surface area (Å²) in [5.74, 6) is 1.18. The summed E-state index contributed by atoms with van der Waals surface area (Å²) in [6.45, 7) is 1.49. The standard InChI is InChI=1S/C18H23Cl2N5O2.HI/c1-21-18(24-11-13-10-15(19)16(20)25(13)2)23-9-8-22-17(26)12-4-6-14(27-3)7-5-12;/h4-7,10H,8-9,11H2,1-3H3,(H,22,26)(H2,21,23,24);1H.